The molecular weight excluding hydrogens is 453 g/mol. The zero-order chi connectivity index (χ0) is 24.5. The number of hydrogen-bond acceptors (Lipinski definition) is 5. The monoisotopic (exact) mass is 476 g/mol. The van der Waals surface area contributed by atoms with Gasteiger partial charge < -0.3 is 19.9 Å². The highest BCUT2D eigenvalue weighted by atomic mass is 19.3. The van der Waals surface area contributed by atoms with Gasteiger partial charge in [0.2, 0.25) is 5.91 Å². The summed E-state index contributed by atoms with van der Waals surface area (Å²) in [5.41, 5.74) is -0.630. The highest BCUT2D eigenvalue weighted by molar-refractivity contribution is 6.09. The molecule has 1 atom stereocenters. The minimum Gasteiger partial charge on any atom is -0.435 e. The van der Waals surface area contributed by atoms with E-state index in [0.29, 0.717) is 37.4 Å². The van der Waals surface area contributed by atoms with Crippen LogP contribution in [-0.4, -0.2) is 67.0 Å². The second-order valence-corrected chi connectivity index (χ2v) is 8.17. The SMILES string of the molecule is CC1(c2ccc(OC(F)F)cc2)NC(=O)N(CC(=O)N2CCN(c3ccccc3F)CC2)C1=O. The molecule has 4 amide bonds. The van der Waals surface area contributed by atoms with Gasteiger partial charge in [0.05, 0.1) is 5.69 Å². The Morgan fingerprint density at radius 2 is 1.71 bits per heavy atom. The molecule has 1 unspecified atom stereocenters. The second kappa shape index (κ2) is 9.24. The van der Waals surface area contributed by atoms with Crippen LogP contribution in [0.4, 0.5) is 23.7 Å². The molecule has 11 heteroatoms. The van der Waals surface area contributed by atoms with Crippen molar-refractivity contribution in [3.63, 3.8) is 0 Å². The number of rotatable bonds is 6. The predicted molar refractivity (Wildman–Crippen MR) is 116 cm³/mol. The number of halogens is 3. The Labute approximate surface area is 193 Å². The molecule has 2 aromatic carbocycles. The van der Waals surface area contributed by atoms with Gasteiger partial charge in [-0.1, -0.05) is 24.3 Å². The largest absolute Gasteiger partial charge is 0.435 e. The lowest BCUT2D eigenvalue weighted by molar-refractivity contribution is -0.139. The first-order valence-electron chi connectivity index (χ1n) is 10.7. The van der Waals surface area contributed by atoms with Gasteiger partial charge in [0, 0.05) is 26.2 Å². The Bertz CT molecular complexity index is 1090. The van der Waals surface area contributed by atoms with E-state index in [0.717, 1.165) is 4.90 Å². The summed E-state index contributed by atoms with van der Waals surface area (Å²) in [6.45, 7) is -0.473. The lowest BCUT2D eigenvalue weighted by Crippen LogP contribution is -2.52. The van der Waals surface area contributed by atoms with Gasteiger partial charge in [0.15, 0.2) is 0 Å². The van der Waals surface area contributed by atoms with Crippen LogP contribution in [0, 0.1) is 5.82 Å². The van der Waals surface area contributed by atoms with E-state index in [1.54, 1.807) is 18.2 Å². The fourth-order valence-corrected chi connectivity index (χ4v) is 4.15. The molecule has 0 aliphatic carbocycles. The summed E-state index contributed by atoms with van der Waals surface area (Å²) < 4.78 is 43.1. The van der Waals surface area contributed by atoms with Gasteiger partial charge in [-0.05, 0) is 36.8 Å². The standard InChI is InChI=1S/C23H23F3N4O4/c1-23(15-6-8-16(9-7-15)34-21(25)26)20(32)30(22(33)27-23)14-19(31)29-12-10-28(11-13-29)18-5-3-2-4-17(18)24/h2-9,21H,10-14H2,1H3,(H,27,33). The van der Waals surface area contributed by atoms with Crippen LogP contribution in [0.15, 0.2) is 48.5 Å². The van der Waals surface area contributed by atoms with Gasteiger partial charge in [-0.25, -0.2) is 9.18 Å². The van der Waals surface area contributed by atoms with Gasteiger partial charge in [0.1, 0.15) is 23.7 Å². The third-order valence-corrected chi connectivity index (χ3v) is 6.05. The first-order valence-corrected chi connectivity index (χ1v) is 10.7. The van der Waals surface area contributed by atoms with Crippen molar-refractivity contribution in [3.05, 3.63) is 59.9 Å². The smallest absolute Gasteiger partial charge is 0.387 e. The van der Waals surface area contributed by atoms with Crippen LogP contribution in [0.3, 0.4) is 0 Å². The van der Waals surface area contributed by atoms with Gasteiger partial charge in [0.25, 0.3) is 5.91 Å². The molecule has 4 rings (SSSR count). The zero-order valence-electron chi connectivity index (χ0n) is 18.3. The maximum Gasteiger partial charge on any atom is 0.387 e. The van der Waals surface area contributed by atoms with Crippen molar-refractivity contribution in [2.45, 2.75) is 19.1 Å². The molecule has 2 aliphatic heterocycles. The molecule has 0 radical (unpaired) electrons. The number of nitrogens with zero attached hydrogens (tertiary/aromatic N) is 3. The number of alkyl halides is 2. The summed E-state index contributed by atoms with van der Waals surface area (Å²) in [6.07, 6.45) is 0. The first-order chi connectivity index (χ1) is 16.2. The summed E-state index contributed by atoms with van der Waals surface area (Å²) in [4.78, 5) is 42.6. The minimum atomic E-state index is -2.98. The van der Waals surface area contributed by atoms with Crippen molar-refractivity contribution >= 4 is 23.5 Å². The summed E-state index contributed by atoms with van der Waals surface area (Å²) >= 11 is 0. The molecule has 2 aromatic rings. The maximum atomic E-state index is 14.0. The van der Waals surface area contributed by atoms with E-state index in [4.69, 9.17) is 0 Å². The van der Waals surface area contributed by atoms with E-state index in [1.165, 1.54) is 42.2 Å². The van der Waals surface area contributed by atoms with Crippen LogP contribution in [0.2, 0.25) is 0 Å². The molecule has 2 saturated heterocycles. The maximum absolute atomic E-state index is 14.0. The molecule has 2 heterocycles. The molecule has 0 aromatic heterocycles. The summed E-state index contributed by atoms with van der Waals surface area (Å²) in [7, 11) is 0. The van der Waals surface area contributed by atoms with Crippen LogP contribution in [0.25, 0.3) is 0 Å². The molecule has 2 aliphatic rings. The molecular formula is C23H23F3N4O4. The van der Waals surface area contributed by atoms with E-state index < -0.39 is 36.5 Å². The van der Waals surface area contributed by atoms with E-state index in [2.05, 4.69) is 10.1 Å². The molecule has 180 valence electrons. The van der Waals surface area contributed by atoms with Crippen molar-refractivity contribution in [3.8, 4) is 5.75 Å². The third kappa shape index (κ3) is 4.50. The molecule has 8 nitrogen and oxygen atoms in total. The number of urea groups is 1. The third-order valence-electron chi connectivity index (χ3n) is 6.05. The highest BCUT2D eigenvalue weighted by Gasteiger charge is 2.49. The van der Waals surface area contributed by atoms with Gasteiger partial charge >= 0.3 is 12.6 Å². The Morgan fingerprint density at radius 3 is 2.32 bits per heavy atom. The van der Waals surface area contributed by atoms with Crippen molar-refractivity contribution in [1.29, 1.82) is 0 Å². The number of ether oxygens (including phenoxy) is 1. The number of hydrogen-bond donors (Lipinski definition) is 1. The lowest BCUT2D eigenvalue weighted by Gasteiger charge is -2.36. The van der Waals surface area contributed by atoms with Gasteiger partial charge in [-0.2, -0.15) is 8.78 Å². The number of carbonyl (C=O) groups excluding carboxylic acids is 3. The van der Waals surface area contributed by atoms with Gasteiger partial charge in [-0.15, -0.1) is 0 Å². The normalized spacial score (nSPS) is 20.7. The Balaban J connectivity index is 1.38. The molecule has 1 N–H and O–H groups in total. The Kier molecular flexibility index (Phi) is 6.36. The number of imide groups is 1. The number of piperazine rings is 1. The number of anilines is 1. The topological polar surface area (TPSA) is 82.2 Å². The van der Waals surface area contributed by atoms with E-state index >= 15 is 0 Å². The Morgan fingerprint density at radius 1 is 1.06 bits per heavy atom. The quantitative estimate of drug-likeness (QED) is 0.649. The summed E-state index contributed by atoms with van der Waals surface area (Å²) in [6, 6.07) is 11.0. The highest BCUT2D eigenvalue weighted by Crippen LogP contribution is 2.30. The average molecular weight is 476 g/mol. The molecule has 0 spiro atoms. The van der Waals surface area contributed by atoms with Crippen LogP contribution >= 0.6 is 0 Å². The number of amides is 4. The second-order valence-electron chi connectivity index (χ2n) is 8.17. The van der Waals surface area contributed by atoms with E-state index in [9.17, 15) is 27.6 Å². The van der Waals surface area contributed by atoms with Crippen LogP contribution in [-0.2, 0) is 15.1 Å². The van der Waals surface area contributed by atoms with Crippen LogP contribution in [0.1, 0.15) is 12.5 Å². The predicted octanol–water partition coefficient (Wildman–Crippen LogP) is 2.54. The minimum absolute atomic E-state index is 0.0827. The van der Waals surface area contributed by atoms with E-state index in [-0.39, 0.29) is 11.6 Å². The van der Waals surface area contributed by atoms with Crippen molar-refractivity contribution in [2.24, 2.45) is 0 Å². The zero-order valence-corrected chi connectivity index (χ0v) is 18.3. The fraction of sp³-hybridized carbons (Fsp3) is 0.348. The molecule has 2 fully saturated rings. The Hall–Kier alpha value is -3.76. The van der Waals surface area contributed by atoms with Crippen LogP contribution < -0.4 is 15.0 Å². The average Bonchev–Trinajstić information content (AvgIpc) is 3.03. The van der Waals surface area contributed by atoms with Crippen molar-refractivity contribution in [1.82, 2.24) is 15.1 Å². The first kappa shape index (κ1) is 23.4. The fourth-order valence-electron chi connectivity index (χ4n) is 4.15. The van der Waals surface area contributed by atoms with Crippen LogP contribution in [0.5, 0.6) is 5.75 Å². The summed E-state index contributed by atoms with van der Waals surface area (Å²) in [5.74, 6) is -1.45. The number of nitrogens with one attached hydrogen (secondary N) is 1. The van der Waals surface area contributed by atoms with Gasteiger partial charge in [-0.3, -0.25) is 14.5 Å². The lowest BCUT2D eigenvalue weighted by atomic mass is 9.92. The number of carbonyl (C=O) groups is 3. The number of benzene rings is 2. The van der Waals surface area contributed by atoms with E-state index in [1.807, 2.05) is 4.90 Å². The summed E-state index contributed by atoms with van der Waals surface area (Å²) in [5, 5.41) is 2.58. The molecule has 34 heavy (non-hydrogen) atoms. The molecule has 0 saturated carbocycles. The van der Waals surface area contributed by atoms with Crippen molar-refractivity contribution < 1.29 is 32.3 Å². The number of para-hydroxylation sites is 1. The van der Waals surface area contributed by atoms with Crippen molar-refractivity contribution in [2.75, 3.05) is 37.6 Å². The molecule has 0 bridgehead atoms.